The van der Waals surface area contributed by atoms with Crippen LogP contribution in [0.15, 0.2) is 40.5 Å². The number of benzene rings is 1. The molecule has 8 nitrogen and oxygen atoms in total. The first kappa shape index (κ1) is 26.2. The molecule has 166 valence electrons. The first-order valence-corrected chi connectivity index (χ1v) is 10.9. The van der Waals surface area contributed by atoms with Gasteiger partial charge in [0.2, 0.25) is 5.91 Å². The summed E-state index contributed by atoms with van der Waals surface area (Å²) in [6.45, 7) is 4.26. The molecule has 1 N–H and O–H groups in total. The van der Waals surface area contributed by atoms with E-state index in [0.717, 1.165) is 18.8 Å². The molecule has 1 amide bonds. The van der Waals surface area contributed by atoms with Crippen LogP contribution in [0.5, 0.6) is 0 Å². The molecular formula is C20H32IN7OS. The minimum atomic E-state index is -0.0332. The minimum absolute atomic E-state index is 0. The van der Waals surface area contributed by atoms with Crippen LogP contribution in [0.3, 0.4) is 0 Å². The Morgan fingerprint density at radius 1 is 1.23 bits per heavy atom. The summed E-state index contributed by atoms with van der Waals surface area (Å²) >= 11 is 1.73. The number of hydrogen-bond acceptors (Lipinski definition) is 5. The summed E-state index contributed by atoms with van der Waals surface area (Å²) in [7, 11) is 5.45. The molecule has 0 unspecified atom stereocenters. The fraction of sp³-hybridized carbons (Fsp3) is 0.500. The molecule has 0 aliphatic carbocycles. The molecule has 0 fully saturated rings. The zero-order valence-corrected chi connectivity index (χ0v) is 21.5. The highest BCUT2D eigenvalue weighted by atomic mass is 127. The standard InChI is InChI=1S/C20H31N7OS.HI/c1-6-18-24-23-15-27(18)12-11-21-20(22-13-19(28)25(2)3)26(4)14-16-7-9-17(29-5)10-8-16;/h7-10,15H,6,11-14H2,1-5H3,(H,21,22);1H. The summed E-state index contributed by atoms with van der Waals surface area (Å²) in [5.41, 5.74) is 1.19. The summed E-state index contributed by atoms with van der Waals surface area (Å²) in [5.74, 6) is 1.62. The Balaban J connectivity index is 0.00000450. The van der Waals surface area contributed by atoms with Crippen molar-refractivity contribution in [2.45, 2.75) is 31.3 Å². The van der Waals surface area contributed by atoms with E-state index in [1.54, 1.807) is 37.1 Å². The first-order chi connectivity index (χ1) is 13.9. The molecule has 2 rings (SSSR count). The van der Waals surface area contributed by atoms with E-state index >= 15 is 0 Å². The molecule has 2 aromatic rings. The Morgan fingerprint density at radius 2 is 1.93 bits per heavy atom. The number of rotatable bonds is 9. The van der Waals surface area contributed by atoms with Gasteiger partial charge in [0.15, 0.2) is 5.96 Å². The lowest BCUT2D eigenvalue weighted by Gasteiger charge is -2.23. The third-order valence-corrected chi connectivity index (χ3v) is 5.19. The average Bonchev–Trinajstić information content (AvgIpc) is 3.18. The van der Waals surface area contributed by atoms with Crippen molar-refractivity contribution >= 4 is 47.6 Å². The molecule has 1 aromatic carbocycles. The number of hydrogen-bond donors (Lipinski definition) is 1. The van der Waals surface area contributed by atoms with Gasteiger partial charge in [-0.1, -0.05) is 19.1 Å². The number of guanidine groups is 1. The van der Waals surface area contributed by atoms with Gasteiger partial charge in [0, 0.05) is 52.1 Å². The number of carbonyl (C=O) groups excluding carboxylic acids is 1. The van der Waals surface area contributed by atoms with E-state index in [1.807, 2.05) is 16.5 Å². The van der Waals surface area contributed by atoms with Crippen LogP contribution in [-0.2, 0) is 24.3 Å². The SMILES string of the molecule is CCc1nncn1CCNC(=NCC(=O)N(C)C)N(C)Cc1ccc(SC)cc1.I. The van der Waals surface area contributed by atoms with E-state index < -0.39 is 0 Å². The molecule has 10 heteroatoms. The number of aromatic nitrogens is 3. The Kier molecular flexibility index (Phi) is 11.8. The monoisotopic (exact) mass is 545 g/mol. The van der Waals surface area contributed by atoms with Crippen molar-refractivity contribution in [2.24, 2.45) is 4.99 Å². The number of likely N-dealkylation sites (N-methyl/N-ethyl adjacent to an activating group) is 1. The Hall–Kier alpha value is -1.82. The molecule has 1 heterocycles. The molecule has 0 saturated carbocycles. The maximum atomic E-state index is 12.0. The van der Waals surface area contributed by atoms with Gasteiger partial charge in [-0.25, -0.2) is 4.99 Å². The zero-order valence-electron chi connectivity index (χ0n) is 18.3. The van der Waals surface area contributed by atoms with Crippen LogP contribution in [0.4, 0.5) is 0 Å². The van der Waals surface area contributed by atoms with Crippen LogP contribution >= 0.6 is 35.7 Å². The number of nitrogens with one attached hydrogen (secondary N) is 1. The molecule has 0 aliphatic rings. The van der Waals surface area contributed by atoms with Gasteiger partial charge >= 0.3 is 0 Å². The summed E-state index contributed by atoms with van der Waals surface area (Å²) < 4.78 is 2.02. The van der Waals surface area contributed by atoms with Gasteiger partial charge in [-0.3, -0.25) is 4.79 Å². The maximum Gasteiger partial charge on any atom is 0.243 e. The molecule has 30 heavy (non-hydrogen) atoms. The predicted octanol–water partition coefficient (Wildman–Crippen LogP) is 2.35. The lowest BCUT2D eigenvalue weighted by molar-refractivity contribution is -0.127. The van der Waals surface area contributed by atoms with Gasteiger partial charge in [-0.2, -0.15) is 0 Å². The highest BCUT2D eigenvalue weighted by Crippen LogP contribution is 2.15. The van der Waals surface area contributed by atoms with E-state index in [4.69, 9.17) is 0 Å². The maximum absolute atomic E-state index is 12.0. The average molecular weight is 545 g/mol. The van der Waals surface area contributed by atoms with E-state index in [2.05, 4.69) is 58.0 Å². The lowest BCUT2D eigenvalue weighted by atomic mass is 10.2. The van der Waals surface area contributed by atoms with E-state index in [0.29, 0.717) is 19.0 Å². The number of thioether (sulfide) groups is 1. The minimum Gasteiger partial charge on any atom is -0.354 e. The number of halogens is 1. The molecule has 0 radical (unpaired) electrons. The third-order valence-electron chi connectivity index (χ3n) is 4.45. The lowest BCUT2D eigenvalue weighted by Crippen LogP contribution is -2.41. The van der Waals surface area contributed by atoms with Crippen LogP contribution in [-0.4, -0.2) is 76.9 Å². The van der Waals surface area contributed by atoms with Gasteiger partial charge < -0.3 is 19.7 Å². The van der Waals surface area contributed by atoms with Crippen molar-refractivity contribution < 1.29 is 4.79 Å². The topological polar surface area (TPSA) is 78.6 Å². The first-order valence-electron chi connectivity index (χ1n) is 9.63. The molecule has 1 aromatic heterocycles. The fourth-order valence-electron chi connectivity index (χ4n) is 2.70. The van der Waals surface area contributed by atoms with Crippen molar-refractivity contribution in [2.75, 3.05) is 40.5 Å². The fourth-order valence-corrected chi connectivity index (χ4v) is 3.11. The molecule has 0 aliphatic heterocycles. The van der Waals surface area contributed by atoms with E-state index in [1.165, 1.54) is 10.5 Å². The van der Waals surface area contributed by atoms with Crippen molar-refractivity contribution in [3.63, 3.8) is 0 Å². The number of amides is 1. The largest absolute Gasteiger partial charge is 0.354 e. The number of aryl methyl sites for hydroxylation is 1. The van der Waals surface area contributed by atoms with Gasteiger partial charge in [0.1, 0.15) is 18.7 Å². The van der Waals surface area contributed by atoms with Crippen LogP contribution in [0.1, 0.15) is 18.3 Å². The zero-order chi connectivity index (χ0) is 21.2. The normalized spacial score (nSPS) is 11.0. The predicted molar refractivity (Wildman–Crippen MR) is 134 cm³/mol. The van der Waals surface area contributed by atoms with Crippen LogP contribution in [0.2, 0.25) is 0 Å². The second kappa shape index (κ2) is 13.5. The molecule has 0 atom stereocenters. The summed E-state index contributed by atoms with van der Waals surface area (Å²) in [5, 5.41) is 11.4. The van der Waals surface area contributed by atoms with Crippen LogP contribution in [0.25, 0.3) is 0 Å². The number of carbonyl (C=O) groups is 1. The van der Waals surface area contributed by atoms with Crippen LogP contribution in [0, 0.1) is 0 Å². The van der Waals surface area contributed by atoms with Crippen LogP contribution < -0.4 is 5.32 Å². The van der Waals surface area contributed by atoms with E-state index in [-0.39, 0.29) is 36.4 Å². The Labute approximate surface area is 200 Å². The Morgan fingerprint density at radius 3 is 2.53 bits per heavy atom. The highest BCUT2D eigenvalue weighted by molar-refractivity contribution is 14.0. The number of aliphatic imine (C=N–C) groups is 1. The third kappa shape index (κ3) is 8.13. The Bertz CT molecular complexity index is 808. The van der Waals surface area contributed by atoms with Gasteiger partial charge in [0.05, 0.1) is 0 Å². The quantitative estimate of drug-likeness (QED) is 0.226. The molecular weight excluding hydrogens is 513 g/mol. The molecule has 0 bridgehead atoms. The number of nitrogens with zero attached hydrogens (tertiary/aromatic N) is 6. The summed E-state index contributed by atoms with van der Waals surface area (Å²) in [6, 6.07) is 8.48. The van der Waals surface area contributed by atoms with E-state index in [9.17, 15) is 4.79 Å². The van der Waals surface area contributed by atoms with Gasteiger partial charge in [-0.05, 0) is 24.0 Å². The van der Waals surface area contributed by atoms with Gasteiger partial charge in [-0.15, -0.1) is 45.9 Å². The summed E-state index contributed by atoms with van der Waals surface area (Å²) in [6.07, 6.45) is 4.64. The molecule has 0 spiro atoms. The summed E-state index contributed by atoms with van der Waals surface area (Å²) in [4.78, 5) is 21.3. The smallest absolute Gasteiger partial charge is 0.243 e. The second-order valence-electron chi connectivity index (χ2n) is 6.85. The van der Waals surface area contributed by atoms with Crippen molar-refractivity contribution in [3.05, 3.63) is 42.0 Å². The highest BCUT2D eigenvalue weighted by Gasteiger charge is 2.10. The van der Waals surface area contributed by atoms with Crippen molar-refractivity contribution in [1.82, 2.24) is 29.9 Å². The van der Waals surface area contributed by atoms with Crippen molar-refractivity contribution in [3.8, 4) is 0 Å². The van der Waals surface area contributed by atoms with Crippen molar-refractivity contribution in [1.29, 1.82) is 0 Å². The van der Waals surface area contributed by atoms with Gasteiger partial charge in [0.25, 0.3) is 0 Å². The second-order valence-corrected chi connectivity index (χ2v) is 7.73. The molecule has 0 saturated heterocycles.